The van der Waals surface area contributed by atoms with Crippen molar-refractivity contribution in [2.75, 3.05) is 6.54 Å². The average molecular weight is 274 g/mol. The van der Waals surface area contributed by atoms with E-state index in [-0.39, 0.29) is 12.4 Å². The van der Waals surface area contributed by atoms with Crippen molar-refractivity contribution in [3.05, 3.63) is 33.5 Å². The van der Waals surface area contributed by atoms with E-state index in [1.165, 1.54) is 11.0 Å². The Kier molecular flexibility index (Phi) is 2.65. The Morgan fingerprint density at radius 1 is 1.53 bits per heavy atom. The van der Waals surface area contributed by atoms with Gasteiger partial charge in [0.1, 0.15) is 5.82 Å². The summed E-state index contributed by atoms with van der Waals surface area (Å²) in [5, 5.41) is 8.80. The van der Waals surface area contributed by atoms with E-state index in [0.29, 0.717) is 23.0 Å². The van der Waals surface area contributed by atoms with Crippen LogP contribution in [0.3, 0.4) is 0 Å². The first kappa shape index (κ1) is 10.4. The van der Waals surface area contributed by atoms with E-state index in [0.717, 1.165) is 5.56 Å². The molecule has 0 aromatic heterocycles. The zero-order chi connectivity index (χ0) is 11.0. The lowest BCUT2D eigenvalue weighted by atomic mass is 10.00. The number of carbonyl (C=O) groups is 1. The Balaban J connectivity index is 2.37. The first-order valence-corrected chi connectivity index (χ1v) is 5.32. The minimum Gasteiger partial charge on any atom is -0.465 e. The molecule has 1 heterocycles. The van der Waals surface area contributed by atoms with Gasteiger partial charge in [0, 0.05) is 16.6 Å². The fourth-order valence-corrected chi connectivity index (χ4v) is 2.22. The Hall–Kier alpha value is -1.10. The molecule has 80 valence electrons. The lowest BCUT2D eigenvalue weighted by molar-refractivity contribution is 0.139. The number of nitrogens with zero attached hydrogens (tertiary/aromatic N) is 1. The molecule has 0 unspecified atom stereocenters. The number of halogens is 2. The third-order valence-electron chi connectivity index (χ3n) is 2.52. The molecular weight excluding hydrogens is 265 g/mol. The summed E-state index contributed by atoms with van der Waals surface area (Å²) in [4.78, 5) is 12.0. The molecule has 1 N–H and O–H groups in total. The van der Waals surface area contributed by atoms with E-state index in [1.54, 1.807) is 0 Å². The van der Waals surface area contributed by atoms with Gasteiger partial charge in [0.15, 0.2) is 0 Å². The fourth-order valence-electron chi connectivity index (χ4n) is 1.75. The molecule has 1 amide bonds. The molecular formula is C10H9BrFNO2. The molecule has 0 bridgehead atoms. The highest BCUT2D eigenvalue weighted by Gasteiger charge is 2.22. The summed E-state index contributed by atoms with van der Waals surface area (Å²) in [7, 11) is 0. The monoisotopic (exact) mass is 273 g/mol. The second-order valence-electron chi connectivity index (χ2n) is 3.48. The predicted molar refractivity (Wildman–Crippen MR) is 56.2 cm³/mol. The van der Waals surface area contributed by atoms with E-state index in [9.17, 15) is 9.18 Å². The average Bonchev–Trinajstić information content (AvgIpc) is 2.16. The lowest BCUT2D eigenvalue weighted by Gasteiger charge is -2.26. The Labute approximate surface area is 94.6 Å². The Morgan fingerprint density at radius 2 is 2.27 bits per heavy atom. The maximum atomic E-state index is 13.5. The van der Waals surface area contributed by atoms with E-state index in [1.807, 2.05) is 6.07 Å². The standard InChI is InChI=1S/C10H9BrFNO2/c11-7-3-6-1-2-13(10(14)15)5-8(6)9(12)4-7/h3-4H,1-2,5H2,(H,14,15). The Morgan fingerprint density at radius 3 is 2.93 bits per heavy atom. The van der Waals surface area contributed by atoms with Crippen LogP contribution in [0.25, 0.3) is 0 Å². The lowest BCUT2D eigenvalue weighted by Crippen LogP contribution is -2.35. The van der Waals surface area contributed by atoms with Gasteiger partial charge in [-0.2, -0.15) is 0 Å². The molecule has 0 atom stereocenters. The number of rotatable bonds is 0. The van der Waals surface area contributed by atoms with Crippen molar-refractivity contribution in [3.8, 4) is 0 Å². The van der Waals surface area contributed by atoms with Crippen LogP contribution in [-0.2, 0) is 13.0 Å². The predicted octanol–water partition coefficient (Wildman–Crippen LogP) is 2.62. The van der Waals surface area contributed by atoms with Crippen LogP contribution in [0.15, 0.2) is 16.6 Å². The summed E-state index contributed by atoms with van der Waals surface area (Å²) >= 11 is 3.22. The molecule has 1 aliphatic rings. The van der Waals surface area contributed by atoms with Crippen LogP contribution in [0, 0.1) is 5.82 Å². The summed E-state index contributed by atoms with van der Waals surface area (Å²) in [5.41, 5.74) is 1.38. The summed E-state index contributed by atoms with van der Waals surface area (Å²) in [6, 6.07) is 3.21. The van der Waals surface area contributed by atoms with E-state index < -0.39 is 6.09 Å². The van der Waals surface area contributed by atoms with Gasteiger partial charge in [-0.3, -0.25) is 0 Å². The van der Waals surface area contributed by atoms with Crippen molar-refractivity contribution in [3.63, 3.8) is 0 Å². The molecule has 5 heteroatoms. The second kappa shape index (κ2) is 3.81. The van der Waals surface area contributed by atoms with Crippen LogP contribution in [0.5, 0.6) is 0 Å². The van der Waals surface area contributed by atoms with Crippen molar-refractivity contribution in [2.24, 2.45) is 0 Å². The molecule has 3 nitrogen and oxygen atoms in total. The highest BCUT2D eigenvalue weighted by atomic mass is 79.9. The fraction of sp³-hybridized carbons (Fsp3) is 0.300. The summed E-state index contributed by atoms with van der Waals surface area (Å²) in [6.07, 6.45) is -0.430. The molecule has 0 saturated carbocycles. The van der Waals surface area contributed by atoms with Gasteiger partial charge in [-0.1, -0.05) is 15.9 Å². The third-order valence-corrected chi connectivity index (χ3v) is 2.98. The normalized spacial score (nSPS) is 14.9. The zero-order valence-corrected chi connectivity index (χ0v) is 9.42. The minimum absolute atomic E-state index is 0.143. The molecule has 1 aromatic rings. The van der Waals surface area contributed by atoms with Gasteiger partial charge in [-0.15, -0.1) is 0 Å². The van der Waals surface area contributed by atoms with Crippen LogP contribution < -0.4 is 0 Å². The number of hydrogen-bond acceptors (Lipinski definition) is 1. The first-order chi connectivity index (χ1) is 7.08. The second-order valence-corrected chi connectivity index (χ2v) is 4.40. The highest BCUT2D eigenvalue weighted by Crippen LogP contribution is 2.25. The van der Waals surface area contributed by atoms with Gasteiger partial charge in [-0.25, -0.2) is 9.18 Å². The van der Waals surface area contributed by atoms with Gasteiger partial charge in [0.2, 0.25) is 0 Å². The van der Waals surface area contributed by atoms with Crippen molar-refractivity contribution in [2.45, 2.75) is 13.0 Å². The summed E-state index contributed by atoms with van der Waals surface area (Å²) in [6.45, 7) is 0.571. The maximum absolute atomic E-state index is 13.5. The van der Waals surface area contributed by atoms with E-state index >= 15 is 0 Å². The largest absolute Gasteiger partial charge is 0.465 e. The van der Waals surface area contributed by atoms with Gasteiger partial charge in [0.25, 0.3) is 0 Å². The van der Waals surface area contributed by atoms with Gasteiger partial charge >= 0.3 is 6.09 Å². The third kappa shape index (κ3) is 1.97. The number of fused-ring (bicyclic) bond motifs is 1. The van der Waals surface area contributed by atoms with Crippen LogP contribution in [0.1, 0.15) is 11.1 Å². The van der Waals surface area contributed by atoms with Crippen LogP contribution in [0.2, 0.25) is 0 Å². The molecule has 0 fully saturated rings. The molecule has 15 heavy (non-hydrogen) atoms. The molecule has 2 rings (SSSR count). The summed E-state index contributed by atoms with van der Waals surface area (Å²) < 4.78 is 14.2. The number of benzene rings is 1. The van der Waals surface area contributed by atoms with Crippen LogP contribution in [-0.4, -0.2) is 22.6 Å². The Bertz CT molecular complexity index is 422. The van der Waals surface area contributed by atoms with Crippen molar-refractivity contribution >= 4 is 22.0 Å². The smallest absolute Gasteiger partial charge is 0.407 e. The number of hydrogen-bond donors (Lipinski definition) is 1. The maximum Gasteiger partial charge on any atom is 0.407 e. The highest BCUT2D eigenvalue weighted by molar-refractivity contribution is 9.10. The molecule has 0 radical (unpaired) electrons. The zero-order valence-electron chi connectivity index (χ0n) is 7.83. The quantitative estimate of drug-likeness (QED) is 0.790. The minimum atomic E-state index is -0.997. The van der Waals surface area contributed by atoms with E-state index in [4.69, 9.17) is 5.11 Å². The molecule has 1 aliphatic heterocycles. The summed E-state index contributed by atoms with van der Waals surface area (Å²) in [5.74, 6) is -0.342. The van der Waals surface area contributed by atoms with Gasteiger partial charge in [-0.05, 0) is 24.1 Å². The van der Waals surface area contributed by atoms with Crippen LogP contribution in [0.4, 0.5) is 9.18 Å². The van der Waals surface area contributed by atoms with Crippen molar-refractivity contribution < 1.29 is 14.3 Å². The van der Waals surface area contributed by atoms with Crippen molar-refractivity contribution in [1.29, 1.82) is 0 Å². The van der Waals surface area contributed by atoms with Crippen LogP contribution >= 0.6 is 15.9 Å². The van der Waals surface area contributed by atoms with Gasteiger partial charge < -0.3 is 10.0 Å². The van der Waals surface area contributed by atoms with E-state index in [2.05, 4.69) is 15.9 Å². The van der Waals surface area contributed by atoms with Crippen molar-refractivity contribution in [1.82, 2.24) is 4.90 Å². The topological polar surface area (TPSA) is 40.5 Å². The van der Waals surface area contributed by atoms with Gasteiger partial charge in [0.05, 0.1) is 6.54 Å². The molecule has 1 aromatic carbocycles. The molecule has 0 aliphatic carbocycles. The first-order valence-electron chi connectivity index (χ1n) is 4.52. The molecule has 0 saturated heterocycles. The SMILES string of the molecule is O=C(O)N1CCc2cc(Br)cc(F)c2C1. The number of carboxylic acid groups (broad SMARTS) is 1. The molecule has 0 spiro atoms. The number of amides is 1.